The maximum absolute atomic E-state index is 11.9. The van der Waals surface area contributed by atoms with Gasteiger partial charge < -0.3 is 19.6 Å². The van der Waals surface area contributed by atoms with Crippen molar-refractivity contribution < 1.29 is 19.4 Å². The maximum Gasteiger partial charge on any atom is 0.335 e. The van der Waals surface area contributed by atoms with Crippen LogP contribution < -0.4 is 4.90 Å². The highest BCUT2D eigenvalue weighted by Gasteiger charge is 2.53. The number of nitriles is 1. The van der Waals surface area contributed by atoms with Crippen molar-refractivity contribution in [1.82, 2.24) is 4.90 Å². The molecule has 0 radical (unpaired) electrons. The van der Waals surface area contributed by atoms with Gasteiger partial charge in [0, 0.05) is 44.1 Å². The van der Waals surface area contributed by atoms with Crippen LogP contribution in [0.2, 0.25) is 0 Å². The number of carbonyl (C=O) groups excluding carboxylic acids is 1. The van der Waals surface area contributed by atoms with Crippen molar-refractivity contribution in [2.24, 2.45) is 17.8 Å². The Bertz CT molecular complexity index is 1160. The number of aromatic carboxylic acids is 1. The zero-order valence-electron chi connectivity index (χ0n) is 22.1. The van der Waals surface area contributed by atoms with Crippen LogP contribution in [0.1, 0.15) is 54.9 Å². The van der Waals surface area contributed by atoms with Gasteiger partial charge in [-0.05, 0) is 80.9 Å². The Kier molecular flexibility index (Phi) is 7.71. The second-order valence-electron chi connectivity index (χ2n) is 11.2. The molecular weight excluding hydrogens is 478 g/mol. The average molecular weight is 516 g/mol. The molecule has 200 valence electrons. The van der Waals surface area contributed by atoms with Crippen molar-refractivity contribution in [1.29, 1.82) is 5.26 Å². The van der Waals surface area contributed by atoms with Gasteiger partial charge in [-0.25, -0.2) is 4.79 Å². The molecule has 1 saturated carbocycles. The van der Waals surface area contributed by atoms with Gasteiger partial charge in [0.05, 0.1) is 17.0 Å². The van der Waals surface area contributed by atoms with Crippen molar-refractivity contribution >= 4 is 17.6 Å². The van der Waals surface area contributed by atoms with Crippen molar-refractivity contribution in [3.05, 3.63) is 65.7 Å². The first-order valence-electron chi connectivity index (χ1n) is 13.9. The third-order valence-corrected chi connectivity index (χ3v) is 8.98. The number of carboxylic acid groups (broad SMARTS) is 1. The first kappa shape index (κ1) is 26.2. The Hall–Kier alpha value is -3.37. The van der Waals surface area contributed by atoms with Gasteiger partial charge in [0.1, 0.15) is 6.10 Å². The number of esters is 1. The third-order valence-electron chi connectivity index (χ3n) is 8.98. The summed E-state index contributed by atoms with van der Waals surface area (Å²) in [6.07, 6.45) is 4.44. The van der Waals surface area contributed by atoms with E-state index in [9.17, 15) is 14.9 Å². The highest BCUT2D eigenvalue weighted by atomic mass is 16.5. The SMILES string of the molecule is CC(=O)O[C@H]1CCC[C@@H]1C(C#N)(c1ccccc1)C1CCN(CC2CN(c3ccc(C(=O)O)cc3)C2)CC1. The van der Waals surface area contributed by atoms with Gasteiger partial charge in [-0.3, -0.25) is 4.79 Å². The van der Waals surface area contributed by atoms with Crippen molar-refractivity contribution in [3.8, 4) is 6.07 Å². The van der Waals surface area contributed by atoms with Gasteiger partial charge in [0.25, 0.3) is 0 Å². The minimum atomic E-state index is -0.899. The molecule has 0 bridgehead atoms. The van der Waals surface area contributed by atoms with E-state index in [-0.39, 0.29) is 23.9 Å². The summed E-state index contributed by atoms with van der Waals surface area (Å²) in [5.41, 5.74) is 1.80. The Labute approximate surface area is 225 Å². The first-order valence-corrected chi connectivity index (χ1v) is 13.9. The van der Waals surface area contributed by atoms with Gasteiger partial charge in [0.2, 0.25) is 0 Å². The van der Waals surface area contributed by atoms with E-state index < -0.39 is 11.4 Å². The molecular formula is C31H37N3O4. The van der Waals surface area contributed by atoms with E-state index in [1.165, 1.54) is 6.92 Å². The Morgan fingerprint density at radius 3 is 2.32 bits per heavy atom. The summed E-state index contributed by atoms with van der Waals surface area (Å²) in [4.78, 5) is 27.8. The quantitative estimate of drug-likeness (QED) is 0.508. The molecule has 0 spiro atoms. The fourth-order valence-electron chi connectivity index (χ4n) is 7.15. The van der Waals surface area contributed by atoms with Crippen LogP contribution in [-0.4, -0.2) is 60.8 Å². The number of rotatable bonds is 8. The molecule has 3 atom stereocenters. The fourth-order valence-corrected chi connectivity index (χ4v) is 7.15. The monoisotopic (exact) mass is 515 g/mol. The van der Waals surface area contributed by atoms with Crippen molar-refractivity contribution in [3.63, 3.8) is 0 Å². The van der Waals surface area contributed by atoms with Crippen LogP contribution >= 0.6 is 0 Å². The number of hydrogen-bond donors (Lipinski definition) is 1. The number of hydrogen-bond acceptors (Lipinski definition) is 6. The highest BCUT2D eigenvalue weighted by Crippen LogP contribution is 2.51. The molecule has 2 aromatic rings. The number of anilines is 1. The topological polar surface area (TPSA) is 93.9 Å². The van der Waals surface area contributed by atoms with E-state index >= 15 is 0 Å². The number of piperidine rings is 1. The lowest BCUT2D eigenvalue weighted by Crippen LogP contribution is -2.54. The molecule has 5 rings (SSSR count). The maximum atomic E-state index is 11.9. The summed E-state index contributed by atoms with van der Waals surface area (Å²) in [6, 6.07) is 20.1. The van der Waals surface area contributed by atoms with Gasteiger partial charge in [-0.1, -0.05) is 30.3 Å². The van der Waals surface area contributed by atoms with E-state index in [0.717, 1.165) is 76.1 Å². The lowest BCUT2D eigenvalue weighted by molar-refractivity contribution is -0.149. The number of nitrogens with zero attached hydrogens (tertiary/aromatic N) is 3. The molecule has 2 saturated heterocycles. The number of ether oxygens (including phenoxy) is 1. The van der Waals surface area contributed by atoms with Crippen LogP contribution in [0.3, 0.4) is 0 Å². The molecule has 7 nitrogen and oxygen atoms in total. The van der Waals surface area contributed by atoms with E-state index in [1.54, 1.807) is 12.1 Å². The van der Waals surface area contributed by atoms with Crippen LogP contribution in [0.25, 0.3) is 0 Å². The van der Waals surface area contributed by atoms with Gasteiger partial charge in [-0.2, -0.15) is 5.26 Å². The zero-order valence-corrected chi connectivity index (χ0v) is 22.1. The molecule has 1 N–H and O–H groups in total. The summed E-state index contributed by atoms with van der Waals surface area (Å²) in [6.45, 7) is 6.40. The highest BCUT2D eigenvalue weighted by molar-refractivity contribution is 5.88. The van der Waals surface area contributed by atoms with Crippen molar-refractivity contribution in [2.75, 3.05) is 37.6 Å². The molecule has 2 aromatic carbocycles. The minimum absolute atomic E-state index is 0.0167. The third kappa shape index (κ3) is 5.15. The number of benzene rings is 2. The Balaban J connectivity index is 1.22. The van der Waals surface area contributed by atoms with Crippen LogP contribution in [-0.2, 0) is 14.9 Å². The summed E-state index contributed by atoms with van der Waals surface area (Å²) in [5, 5.41) is 19.9. The molecule has 2 aliphatic heterocycles. The Morgan fingerprint density at radius 2 is 1.71 bits per heavy atom. The van der Waals surface area contributed by atoms with Crippen LogP contribution in [0, 0.1) is 29.1 Å². The molecule has 3 fully saturated rings. The molecule has 7 heteroatoms. The summed E-state index contributed by atoms with van der Waals surface area (Å²) in [7, 11) is 0. The fraction of sp³-hybridized carbons (Fsp3) is 0.516. The average Bonchev–Trinajstić information content (AvgIpc) is 3.36. The van der Waals surface area contributed by atoms with Gasteiger partial charge in [0.15, 0.2) is 0 Å². The number of likely N-dealkylation sites (tertiary alicyclic amines) is 1. The molecule has 0 amide bonds. The second-order valence-corrected chi connectivity index (χ2v) is 11.2. The lowest BCUT2D eigenvalue weighted by Gasteiger charge is -2.48. The van der Waals surface area contributed by atoms with Gasteiger partial charge in [-0.15, -0.1) is 0 Å². The molecule has 2 heterocycles. The second kappa shape index (κ2) is 11.2. The standard InChI is InChI=1S/C31H37N3O4/c1-22(35)38-29-9-5-8-28(29)31(21-32,25-6-3-2-4-7-25)26-14-16-33(17-15-26)18-23-19-34(20-23)27-12-10-24(11-13-27)30(36)37/h2-4,6-7,10-13,23,26,28-29H,5,8-9,14-20H2,1H3,(H,36,37)/t28-,29-,31?/m0/s1. The largest absolute Gasteiger partial charge is 0.478 e. The summed E-state index contributed by atoms with van der Waals surface area (Å²) in [5.74, 6) is -0.335. The van der Waals surface area contributed by atoms with Crippen LogP contribution in [0.5, 0.6) is 0 Å². The van der Waals surface area contributed by atoms with E-state index in [2.05, 4.69) is 28.0 Å². The predicted molar refractivity (Wildman–Crippen MR) is 145 cm³/mol. The molecule has 3 aliphatic rings. The van der Waals surface area contributed by atoms with Crippen LogP contribution in [0.4, 0.5) is 5.69 Å². The Morgan fingerprint density at radius 1 is 1.03 bits per heavy atom. The summed E-state index contributed by atoms with van der Waals surface area (Å²) < 4.78 is 5.77. The number of carboxylic acids is 1. The zero-order chi connectivity index (χ0) is 26.7. The van der Waals surface area contributed by atoms with E-state index in [1.807, 2.05) is 30.3 Å². The van der Waals surface area contributed by atoms with Gasteiger partial charge >= 0.3 is 11.9 Å². The molecule has 0 aromatic heterocycles. The predicted octanol–water partition coefficient (Wildman–Crippen LogP) is 4.73. The molecule has 1 aliphatic carbocycles. The van der Waals surface area contributed by atoms with Crippen LogP contribution in [0.15, 0.2) is 54.6 Å². The van der Waals surface area contributed by atoms with E-state index in [0.29, 0.717) is 11.5 Å². The molecule has 38 heavy (non-hydrogen) atoms. The van der Waals surface area contributed by atoms with E-state index in [4.69, 9.17) is 9.84 Å². The lowest BCUT2D eigenvalue weighted by atomic mass is 9.59. The van der Waals surface area contributed by atoms with Crippen molar-refractivity contribution in [2.45, 2.75) is 50.5 Å². The molecule has 1 unspecified atom stereocenters. The normalized spacial score (nSPS) is 24.3. The minimum Gasteiger partial charge on any atom is -0.478 e. The number of carbonyl (C=O) groups is 2. The first-order chi connectivity index (χ1) is 18.4. The smallest absolute Gasteiger partial charge is 0.335 e. The summed E-state index contributed by atoms with van der Waals surface area (Å²) >= 11 is 0.